The van der Waals surface area contributed by atoms with Gasteiger partial charge in [-0.2, -0.15) is 0 Å². The van der Waals surface area contributed by atoms with E-state index in [0.29, 0.717) is 0 Å². The smallest absolute Gasteiger partial charge is 0.406 e. The van der Waals surface area contributed by atoms with E-state index in [-0.39, 0.29) is 5.69 Å². The number of ether oxygens (including phenoxy) is 1. The Kier molecular flexibility index (Phi) is 4.02. The molecule has 0 saturated carbocycles. The van der Waals surface area contributed by atoms with Crippen molar-refractivity contribution in [3.05, 3.63) is 24.3 Å². The molecule has 0 unspecified atom stereocenters. The van der Waals surface area contributed by atoms with Crippen molar-refractivity contribution in [1.29, 1.82) is 0 Å². The van der Waals surface area contributed by atoms with Crippen LogP contribution in [0.5, 0.6) is 5.75 Å². The summed E-state index contributed by atoms with van der Waals surface area (Å²) in [5.41, 5.74) is 0.0930. The van der Waals surface area contributed by atoms with Crippen molar-refractivity contribution < 1.29 is 22.7 Å². The quantitative estimate of drug-likeness (QED) is 0.504. The molecule has 1 rings (SSSR count). The Morgan fingerprint density at radius 1 is 1.33 bits per heavy atom. The van der Waals surface area contributed by atoms with E-state index in [9.17, 15) is 18.0 Å². The summed E-state index contributed by atoms with van der Waals surface area (Å²) in [5.74, 6) is 5.03. The average molecular weight is 263 g/mol. The summed E-state index contributed by atoms with van der Waals surface area (Å²) in [6, 6.07) is 4.27. The van der Waals surface area contributed by atoms with E-state index in [2.05, 4.69) is 4.74 Å². The summed E-state index contributed by atoms with van der Waals surface area (Å²) < 4.78 is 39.8. The second-order valence-corrected chi connectivity index (χ2v) is 3.59. The summed E-state index contributed by atoms with van der Waals surface area (Å²) in [6.45, 7) is 0. The highest BCUT2D eigenvalue weighted by atomic mass is 19.4. The van der Waals surface area contributed by atoms with E-state index in [1.807, 2.05) is 0 Å². The molecule has 2 N–H and O–H groups in total. The van der Waals surface area contributed by atoms with E-state index < -0.39 is 18.1 Å². The van der Waals surface area contributed by atoms with Crippen LogP contribution in [0.1, 0.15) is 0 Å². The lowest BCUT2D eigenvalue weighted by molar-refractivity contribution is -0.274. The molecular weight excluding hydrogens is 251 g/mol. The van der Waals surface area contributed by atoms with Gasteiger partial charge in [0.25, 0.3) is 0 Å². The van der Waals surface area contributed by atoms with Crippen molar-refractivity contribution in [3.63, 3.8) is 0 Å². The first kappa shape index (κ1) is 14.1. The summed E-state index contributed by atoms with van der Waals surface area (Å²) >= 11 is 0. The van der Waals surface area contributed by atoms with E-state index in [0.717, 1.165) is 17.1 Å². The topological polar surface area (TPSA) is 58.8 Å². The molecule has 0 heterocycles. The van der Waals surface area contributed by atoms with Gasteiger partial charge < -0.3 is 9.64 Å². The van der Waals surface area contributed by atoms with Crippen molar-refractivity contribution in [1.82, 2.24) is 4.90 Å². The van der Waals surface area contributed by atoms with Crippen LogP contribution in [0.4, 0.5) is 23.7 Å². The van der Waals surface area contributed by atoms with Gasteiger partial charge >= 0.3 is 12.4 Å². The molecule has 1 aromatic rings. The van der Waals surface area contributed by atoms with E-state index in [1.54, 1.807) is 0 Å². The fraction of sp³-hybridized carbons (Fsp3) is 0.300. The molecule has 0 saturated heterocycles. The van der Waals surface area contributed by atoms with E-state index >= 15 is 0 Å². The minimum absolute atomic E-state index is 0.0930. The first-order valence-corrected chi connectivity index (χ1v) is 4.82. The van der Waals surface area contributed by atoms with Gasteiger partial charge in [-0.05, 0) is 12.1 Å². The molecule has 0 atom stereocenters. The first-order valence-electron chi connectivity index (χ1n) is 4.82. The minimum Gasteiger partial charge on any atom is -0.406 e. The third-order valence-corrected chi connectivity index (χ3v) is 1.92. The highest BCUT2D eigenvalue weighted by Crippen LogP contribution is 2.26. The normalized spacial score (nSPS) is 11.0. The van der Waals surface area contributed by atoms with Crippen molar-refractivity contribution in [2.24, 2.45) is 5.84 Å². The molecule has 0 bridgehead atoms. The van der Waals surface area contributed by atoms with Gasteiger partial charge in [-0.15, -0.1) is 13.2 Å². The van der Waals surface area contributed by atoms with Crippen LogP contribution in [-0.2, 0) is 0 Å². The zero-order valence-electron chi connectivity index (χ0n) is 9.73. The van der Waals surface area contributed by atoms with Crippen LogP contribution < -0.4 is 15.6 Å². The van der Waals surface area contributed by atoms with E-state index in [4.69, 9.17) is 5.84 Å². The Labute approximate surface area is 101 Å². The second-order valence-electron chi connectivity index (χ2n) is 3.59. The Bertz CT molecular complexity index is 435. The fourth-order valence-corrected chi connectivity index (χ4v) is 1.16. The number of carbonyl (C=O) groups is 1. The van der Waals surface area contributed by atoms with Gasteiger partial charge in [0, 0.05) is 20.2 Å². The third-order valence-electron chi connectivity index (χ3n) is 1.92. The van der Waals surface area contributed by atoms with Crippen molar-refractivity contribution in [2.75, 3.05) is 19.1 Å². The lowest BCUT2D eigenvalue weighted by Crippen LogP contribution is -2.44. The Balaban J connectivity index is 2.92. The number of halogens is 3. The zero-order chi connectivity index (χ0) is 13.9. The predicted octanol–water partition coefficient (Wildman–Crippen LogP) is 1.95. The molecule has 2 amide bonds. The monoisotopic (exact) mass is 263 g/mol. The average Bonchev–Trinajstić information content (AvgIpc) is 2.25. The lowest BCUT2D eigenvalue weighted by atomic mass is 10.3. The minimum atomic E-state index is -4.79. The number of alkyl halides is 3. The second kappa shape index (κ2) is 5.13. The number of anilines is 1. The Morgan fingerprint density at radius 3 is 2.44 bits per heavy atom. The van der Waals surface area contributed by atoms with Crippen LogP contribution in [0.15, 0.2) is 24.3 Å². The standard InChI is InChI=1S/C10H12F3N3O2/c1-15(2)9(17)16(14)7-4-3-5-8(6-7)18-10(11,12)13/h3-6H,14H2,1-2H3. The maximum atomic E-state index is 12.0. The highest BCUT2D eigenvalue weighted by Gasteiger charge is 2.31. The molecule has 0 radical (unpaired) electrons. The van der Waals surface area contributed by atoms with Crippen LogP contribution in [0, 0.1) is 0 Å². The van der Waals surface area contributed by atoms with Gasteiger partial charge in [0.2, 0.25) is 0 Å². The largest absolute Gasteiger partial charge is 0.573 e. The Hall–Kier alpha value is -1.96. The number of hydrogen-bond acceptors (Lipinski definition) is 3. The number of rotatable bonds is 2. The molecule has 0 aliphatic heterocycles. The van der Waals surface area contributed by atoms with Gasteiger partial charge in [-0.3, -0.25) is 0 Å². The molecule has 0 fully saturated rings. The number of hydrogen-bond donors (Lipinski definition) is 1. The van der Waals surface area contributed by atoms with Crippen LogP contribution in [-0.4, -0.2) is 31.4 Å². The number of carbonyl (C=O) groups excluding carboxylic acids is 1. The molecule has 5 nitrogen and oxygen atoms in total. The fourth-order valence-electron chi connectivity index (χ4n) is 1.16. The molecule has 0 aliphatic rings. The van der Waals surface area contributed by atoms with Gasteiger partial charge in [-0.25, -0.2) is 15.6 Å². The number of nitrogens with two attached hydrogens (primary N) is 1. The predicted molar refractivity (Wildman–Crippen MR) is 58.9 cm³/mol. The summed E-state index contributed by atoms with van der Waals surface area (Å²) in [4.78, 5) is 12.7. The molecule has 0 aromatic heterocycles. The first-order chi connectivity index (χ1) is 8.20. The molecule has 0 aliphatic carbocycles. The van der Waals surface area contributed by atoms with Crippen molar-refractivity contribution in [2.45, 2.75) is 6.36 Å². The molecule has 1 aromatic carbocycles. The van der Waals surface area contributed by atoms with Crippen LogP contribution in [0.3, 0.4) is 0 Å². The SMILES string of the molecule is CN(C)C(=O)N(N)c1cccc(OC(F)(F)F)c1. The van der Waals surface area contributed by atoms with Gasteiger partial charge in [0.1, 0.15) is 5.75 Å². The Morgan fingerprint density at radius 2 is 1.94 bits per heavy atom. The number of hydrazine groups is 1. The number of amides is 2. The van der Waals surface area contributed by atoms with Gasteiger partial charge in [0.15, 0.2) is 0 Å². The highest BCUT2D eigenvalue weighted by molar-refractivity contribution is 5.90. The summed E-state index contributed by atoms with van der Waals surface area (Å²) in [6.07, 6.45) is -4.79. The molecule has 100 valence electrons. The number of urea groups is 1. The van der Waals surface area contributed by atoms with Crippen LogP contribution >= 0.6 is 0 Å². The van der Waals surface area contributed by atoms with E-state index in [1.165, 1.54) is 31.1 Å². The number of benzene rings is 1. The third kappa shape index (κ3) is 3.81. The number of nitrogens with zero attached hydrogens (tertiary/aromatic N) is 2. The van der Waals surface area contributed by atoms with Crippen molar-refractivity contribution >= 4 is 11.7 Å². The van der Waals surface area contributed by atoms with Gasteiger partial charge in [-0.1, -0.05) is 6.07 Å². The molecular formula is C10H12F3N3O2. The molecule has 8 heteroatoms. The maximum absolute atomic E-state index is 12.0. The zero-order valence-corrected chi connectivity index (χ0v) is 9.73. The maximum Gasteiger partial charge on any atom is 0.573 e. The summed E-state index contributed by atoms with van der Waals surface area (Å²) in [5, 5.41) is 0.725. The molecule has 0 spiro atoms. The van der Waals surface area contributed by atoms with Crippen LogP contribution in [0.2, 0.25) is 0 Å². The van der Waals surface area contributed by atoms with Crippen molar-refractivity contribution in [3.8, 4) is 5.75 Å². The molecule has 18 heavy (non-hydrogen) atoms. The summed E-state index contributed by atoms with van der Waals surface area (Å²) in [7, 11) is 2.94. The van der Waals surface area contributed by atoms with Gasteiger partial charge in [0.05, 0.1) is 5.69 Å². The lowest BCUT2D eigenvalue weighted by Gasteiger charge is -2.21. The van der Waals surface area contributed by atoms with Crippen LogP contribution in [0.25, 0.3) is 0 Å².